The van der Waals surface area contributed by atoms with Gasteiger partial charge in [-0.3, -0.25) is 0 Å². The van der Waals surface area contributed by atoms with Crippen LogP contribution in [0.5, 0.6) is 0 Å². The maximum atomic E-state index is 2.36. The van der Waals surface area contributed by atoms with Crippen LogP contribution in [0.25, 0.3) is 10.4 Å². The molecule has 1 nitrogen and oxygen atoms in total. The molecule has 2 heteroatoms. The zero-order valence-electron chi connectivity index (χ0n) is 11.3. The molecule has 0 aliphatic rings. The highest BCUT2D eigenvalue weighted by molar-refractivity contribution is 7.13. The largest absolute Gasteiger partial charge is 0.345 e. The van der Waals surface area contributed by atoms with Gasteiger partial charge < -0.3 is 4.57 Å². The lowest BCUT2D eigenvalue weighted by Gasteiger charge is -2.07. The van der Waals surface area contributed by atoms with Crippen LogP contribution in [0.3, 0.4) is 0 Å². The highest BCUT2D eigenvalue weighted by Gasteiger charge is 2.05. The molecule has 0 spiro atoms. The fourth-order valence-electron chi connectivity index (χ4n) is 2.34. The number of thiophene rings is 1. The minimum atomic E-state index is 0.966. The lowest BCUT2D eigenvalue weighted by molar-refractivity contribution is 0.752. The van der Waals surface area contributed by atoms with Gasteiger partial charge in [-0.2, -0.15) is 0 Å². The SMILES string of the molecule is Cc1ccc(C)n1Cc1csc(-c2ccccc2)c1. The first-order valence-electron chi connectivity index (χ1n) is 6.49. The van der Waals surface area contributed by atoms with E-state index < -0.39 is 0 Å². The number of aryl methyl sites for hydroxylation is 2. The molecule has 2 heterocycles. The Morgan fingerprint density at radius 1 is 0.947 bits per heavy atom. The minimum Gasteiger partial charge on any atom is -0.345 e. The van der Waals surface area contributed by atoms with Crippen molar-refractivity contribution in [3.63, 3.8) is 0 Å². The topological polar surface area (TPSA) is 4.93 Å². The zero-order valence-corrected chi connectivity index (χ0v) is 12.1. The standard InChI is InChI=1S/C17H17NS/c1-13-8-9-14(2)18(13)11-15-10-17(19-12-15)16-6-4-3-5-7-16/h3-10,12H,11H2,1-2H3. The van der Waals surface area contributed by atoms with Crippen molar-refractivity contribution in [2.24, 2.45) is 0 Å². The predicted octanol–water partition coefficient (Wildman–Crippen LogP) is 4.88. The number of aromatic nitrogens is 1. The Balaban J connectivity index is 1.87. The van der Waals surface area contributed by atoms with Crippen molar-refractivity contribution in [2.75, 3.05) is 0 Å². The quantitative estimate of drug-likeness (QED) is 0.637. The predicted molar refractivity (Wildman–Crippen MR) is 82.8 cm³/mol. The second-order valence-electron chi connectivity index (χ2n) is 4.89. The molecule has 0 unspecified atom stereocenters. The van der Waals surface area contributed by atoms with Crippen molar-refractivity contribution in [3.05, 3.63) is 70.9 Å². The molecule has 3 rings (SSSR count). The van der Waals surface area contributed by atoms with Gasteiger partial charge in [-0.15, -0.1) is 11.3 Å². The highest BCUT2D eigenvalue weighted by atomic mass is 32.1. The van der Waals surface area contributed by atoms with Gasteiger partial charge in [0.1, 0.15) is 0 Å². The van der Waals surface area contributed by atoms with E-state index in [1.807, 2.05) is 11.3 Å². The molecule has 2 aromatic heterocycles. The zero-order chi connectivity index (χ0) is 13.2. The van der Waals surface area contributed by atoms with Crippen LogP contribution < -0.4 is 0 Å². The number of hydrogen-bond donors (Lipinski definition) is 0. The van der Waals surface area contributed by atoms with Crippen LogP contribution in [0, 0.1) is 13.8 Å². The van der Waals surface area contributed by atoms with Crippen LogP contribution in [-0.2, 0) is 6.54 Å². The first kappa shape index (κ1) is 12.2. The summed E-state index contributed by atoms with van der Waals surface area (Å²) in [7, 11) is 0. The summed E-state index contributed by atoms with van der Waals surface area (Å²) in [5.74, 6) is 0. The Labute approximate surface area is 118 Å². The van der Waals surface area contributed by atoms with Crippen molar-refractivity contribution in [1.82, 2.24) is 4.57 Å². The van der Waals surface area contributed by atoms with E-state index in [4.69, 9.17) is 0 Å². The van der Waals surface area contributed by atoms with Gasteiger partial charge in [0.05, 0.1) is 0 Å². The molecule has 0 aliphatic heterocycles. The number of nitrogens with zero attached hydrogens (tertiary/aromatic N) is 1. The lowest BCUT2D eigenvalue weighted by atomic mass is 10.1. The van der Waals surface area contributed by atoms with E-state index in [0.717, 1.165) is 6.54 Å². The summed E-state index contributed by atoms with van der Waals surface area (Å²) in [5, 5.41) is 2.27. The third kappa shape index (κ3) is 2.49. The molecule has 0 N–H and O–H groups in total. The van der Waals surface area contributed by atoms with Gasteiger partial charge in [-0.05, 0) is 48.6 Å². The molecule has 0 amide bonds. The van der Waals surface area contributed by atoms with Gasteiger partial charge in [0, 0.05) is 22.8 Å². The van der Waals surface area contributed by atoms with E-state index >= 15 is 0 Å². The molecular weight excluding hydrogens is 250 g/mol. The first-order chi connectivity index (χ1) is 9.24. The van der Waals surface area contributed by atoms with Crippen molar-refractivity contribution >= 4 is 11.3 Å². The molecule has 3 aromatic rings. The summed E-state index contributed by atoms with van der Waals surface area (Å²) in [6.45, 7) is 5.29. The molecule has 0 atom stereocenters. The Kier molecular flexibility index (Phi) is 3.26. The van der Waals surface area contributed by atoms with Crippen LogP contribution >= 0.6 is 11.3 Å². The maximum absolute atomic E-state index is 2.36. The average Bonchev–Trinajstić information content (AvgIpc) is 3.02. The van der Waals surface area contributed by atoms with Crippen molar-refractivity contribution in [1.29, 1.82) is 0 Å². The minimum absolute atomic E-state index is 0.966. The summed E-state index contributed by atoms with van der Waals surface area (Å²) in [6.07, 6.45) is 0. The first-order valence-corrected chi connectivity index (χ1v) is 7.37. The molecule has 0 radical (unpaired) electrons. The molecular formula is C17H17NS. The molecule has 0 saturated carbocycles. The van der Waals surface area contributed by atoms with E-state index in [9.17, 15) is 0 Å². The second-order valence-corrected chi connectivity index (χ2v) is 5.80. The molecule has 0 fully saturated rings. The number of rotatable bonds is 3. The number of hydrogen-bond acceptors (Lipinski definition) is 1. The summed E-state index contributed by atoms with van der Waals surface area (Å²) in [5.41, 5.74) is 5.33. The second kappa shape index (κ2) is 5.06. The van der Waals surface area contributed by atoms with E-state index in [2.05, 4.69) is 72.3 Å². The summed E-state index contributed by atoms with van der Waals surface area (Å²) in [4.78, 5) is 1.35. The third-order valence-electron chi connectivity index (χ3n) is 3.47. The fourth-order valence-corrected chi connectivity index (χ4v) is 3.26. The monoisotopic (exact) mass is 267 g/mol. The van der Waals surface area contributed by atoms with Gasteiger partial charge in [0.25, 0.3) is 0 Å². The Morgan fingerprint density at radius 3 is 2.32 bits per heavy atom. The van der Waals surface area contributed by atoms with E-state index in [0.29, 0.717) is 0 Å². The average molecular weight is 267 g/mol. The van der Waals surface area contributed by atoms with Gasteiger partial charge >= 0.3 is 0 Å². The normalized spacial score (nSPS) is 10.8. The van der Waals surface area contributed by atoms with Gasteiger partial charge in [0.2, 0.25) is 0 Å². The number of benzene rings is 1. The van der Waals surface area contributed by atoms with Gasteiger partial charge in [0.15, 0.2) is 0 Å². The molecule has 0 aliphatic carbocycles. The van der Waals surface area contributed by atoms with Crippen molar-refractivity contribution < 1.29 is 0 Å². The third-order valence-corrected chi connectivity index (χ3v) is 4.50. The highest BCUT2D eigenvalue weighted by Crippen LogP contribution is 2.27. The molecule has 1 aromatic carbocycles. The van der Waals surface area contributed by atoms with Crippen molar-refractivity contribution in [2.45, 2.75) is 20.4 Å². The molecule has 0 saturated heterocycles. The van der Waals surface area contributed by atoms with Gasteiger partial charge in [-0.1, -0.05) is 30.3 Å². The van der Waals surface area contributed by atoms with Crippen molar-refractivity contribution in [3.8, 4) is 10.4 Å². The molecule has 0 bridgehead atoms. The Morgan fingerprint density at radius 2 is 1.63 bits per heavy atom. The van der Waals surface area contributed by atoms with E-state index in [1.54, 1.807) is 0 Å². The smallest absolute Gasteiger partial charge is 0.0483 e. The summed E-state index contributed by atoms with van der Waals surface area (Å²) >= 11 is 1.82. The Bertz CT molecular complexity index is 657. The van der Waals surface area contributed by atoms with Crippen LogP contribution in [0.15, 0.2) is 53.9 Å². The fraction of sp³-hybridized carbons (Fsp3) is 0.176. The van der Waals surface area contributed by atoms with E-state index in [-0.39, 0.29) is 0 Å². The molecule has 19 heavy (non-hydrogen) atoms. The Hall–Kier alpha value is -1.80. The van der Waals surface area contributed by atoms with Crippen LogP contribution in [0.1, 0.15) is 17.0 Å². The summed E-state index contributed by atoms with van der Waals surface area (Å²) in [6, 6.07) is 17.2. The van der Waals surface area contributed by atoms with Gasteiger partial charge in [-0.25, -0.2) is 0 Å². The molecule has 96 valence electrons. The van der Waals surface area contributed by atoms with Crippen LogP contribution in [0.2, 0.25) is 0 Å². The summed E-state index contributed by atoms with van der Waals surface area (Å²) < 4.78 is 2.36. The van der Waals surface area contributed by atoms with Crippen LogP contribution in [0.4, 0.5) is 0 Å². The van der Waals surface area contributed by atoms with E-state index in [1.165, 1.54) is 27.4 Å². The lowest BCUT2D eigenvalue weighted by Crippen LogP contribution is -2.02. The maximum Gasteiger partial charge on any atom is 0.0483 e. The van der Waals surface area contributed by atoms with Crippen LogP contribution in [-0.4, -0.2) is 4.57 Å².